The van der Waals surface area contributed by atoms with Crippen LogP contribution >= 0.6 is 0 Å². The molecule has 1 aromatic heterocycles. The zero-order valence-electron chi connectivity index (χ0n) is 17.1. The second-order valence-corrected chi connectivity index (χ2v) is 7.52. The fourth-order valence-corrected chi connectivity index (χ4v) is 3.28. The summed E-state index contributed by atoms with van der Waals surface area (Å²) in [4.78, 5) is 40.9. The van der Waals surface area contributed by atoms with Crippen LogP contribution in [0.2, 0.25) is 0 Å². The Hall–Kier alpha value is -3.27. The molecule has 2 heterocycles. The van der Waals surface area contributed by atoms with Crippen molar-refractivity contribution in [2.24, 2.45) is 5.92 Å². The van der Waals surface area contributed by atoms with Crippen molar-refractivity contribution in [1.82, 2.24) is 30.1 Å². The number of carboxylic acids is 1. The van der Waals surface area contributed by atoms with E-state index in [9.17, 15) is 19.5 Å². The minimum absolute atomic E-state index is 0.0310. The second-order valence-electron chi connectivity index (χ2n) is 7.52. The lowest BCUT2D eigenvalue weighted by Crippen LogP contribution is -2.54. The van der Waals surface area contributed by atoms with Gasteiger partial charge in [-0.2, -0.15) is 0 Å². The number of rotatable bonds is 7. The van der Waals surface area contributed by atoms with Crippen LogP contribution in [0.15, 0.2) is 36.7 Å². The van der Waals surface area contributed by atoms with Gasteiger partial charge in [0.15, 0.2) is 0 Å². The van der Waals surface area contributed by atoms with Crippen molar-refractivity contribution in [3.8, 4) is 5.69 Å². The number of hydrogen-bond donors (Lipinski definition) is 2. The van der Waals surface area contributed by atoms with E-state index < -0.39 is 23.8 Å². The molecule has 10 heteroatoms. The van der Waals surface area contributed by atoms with Crippen molar-refractivity contribution < 1.29 is 19.5 Å². The SMILES string of the molecule is CC(CC(NC(=O)c1ccc(-n2ccnn2)cc1)C(=O)N1CCN(C)CC1)C(=O)O. The van der Waals surface area contributed by atoms with Crippen LogP contribution < -0.4 is 5.32 Å². The van der Waals surface area contributed by atoms with Crippen molar-refractivity contribution in [2.45, 2.75) is 19.4 Å². The average molecular weight is 414 g/mol. The first-order valence-electron chi connectivity index (χ1n) is 9.83. The van der Waals surface area contributed by atoms with Gasteiger partial charge in [0.05, 0.1) is 24.0 Å². The third-order valence-electron chi connectivity index (χ3n) is 5.25. The molecule has 0 bridgehead atoms. The molecule has 1 aliphatic rings. The highest BCUT2D eigenvalue weighted by molar-refractivity contribution is 5.97. The molecule has 0 radical (unpaired) electrons. The lowest BCUT2D eigenvalue weighted by atomic mass is 10.00. The first-order chi connectivity index (χ1) is 14.3. The average Bonchev–Trinajstić information content (AvgIpc) is 3.28. The molecule has 1 saturated heterocycles. The Balaban J connectivity index is 1.71. The molecule has 30 heavy (non-hydrogen) atoms. The van der Waals surface area contributed by atoms with Gasteiger partial charge in [-0.1, -0.05) is 12.1 Å². The van der Waals surface area contributed by atoms with Gasteiger partial charge in [0.1, 0.15) is 6.04 Å². The number of likely N-dealkylation sites (N-methyl/N-ethyl adjacent to an activating group) is 1. The number of nitrogens with one attached hydrogen (secondary N) is 1. The molecule has 2 unspecified atom stereocenters. The van der Waals surface area contributed by atoms with Crippen molar-refractivity contribution in [2.75, 3.05) is 33.2 Å². The molecule has 0 spiro atoms. The van der Waals surface area contributed by atoms with E-state index in [2.05, 4.69) is 20.5 Å². The predicted octanol–water partition coefficient (Wildman–Crippen LogP) is 0.251. The summed E-state index contributed by atoms with van der Waals surface area (Å²) in [5.41, 5.74) is 1.12. The van der Waals surface area contributed by atoms with Crippen LogP contribution in [0.1, 0.15) is 23.7 Å². The standard InChI is InChI=1S/C20H26N6O4/c1-14(20(29)30)13-17(19(28)25-11-9-24(2)10-12-25)22-18(27)15-3-5-16(6-4-15)26-8-7-21-23-26/h3-8,14,17H,9-13H2,1-2H3,(H,22,27)(H,29,30). The van der Waals surface area contributed by atoms with Gasteiger partial charge in [0, 0.05) is 31.7 Å². The number of aromatic nitrogens is 3. The zero-order valence-corrected chi connectivity index (χ0v) is 17.1. The van der Waals surface area contributed by atoms with Crippen molar-refractivity contribution in [3.05, 3.63) is 42.2 Å². The number of amides is 2. The van der Waals surface area contributed by atoms with E-state index in [4.69, 9.17) is 0 Å². The summed E-state index contributed by atoms with van der Waals surface area (Å²) >= 11 is 0. The number of carboxylic acid groups (broad SMARTS) is 1. The maximum atomic E-state index is 13.0. The summed E-state index contributed by atoms with van der Waals surface area (Å²) in [7, 11) is 1.98. The van der Waals surface area contributed by atoms with Crippen LogP contribution in [0.4, 0.5) is 0 Å². The van der Waals surface area contributed by atoms with Gasteiger partial charge in [0.25, 0.3) is 5.91 Å². The normalized spacial score (nSPS) is 16.7. The summed E-state index contributed by atoms with van der Waals surface area (Å²) in [6.45, 7) is 4.12. The van der Waals surface area contributed by atoms with Crippen molar-refractivity contribution in [3.63, 3.8) is 0 Å². The van der Waals surface area contributed by atoms with E-state index in [0.29, 0.717) is 18.7 Å². The highest BCUT2D eigenvalue weighted by Crippen LogP contribution is 2.13. The Morgan fingerprint density at radius 3 is 2.37 bits per heavy atom. The van der Waals surface area contributed by atoms with Crippen LogP contribution in [0.3, 0.4) is 0 Å². The molecule has 2 amide bonds. The van der Waals surface area contributed by atoms with Gasteiger partial charge in [-0.05, 0) is 37.7 Å². The topological polar surface area (TPSA) is 121 Å². The Kier molecular flexibility index (Phi) is 6.78. The molecule has 2 N–H and O–H groups in total. The van der Waals surface area contributed by atoms with Gasteiger partial charge in [-0.3, -0.25) is 14.4 Å². The van der Waals surface area contributed by atoms with Gasteiger partial charge in [-0.25, -0.2) is 4.68 Å². The monoisotopic (exact) mass is 414 g/mol. The maximum absolute atomic E-state index is 13.0. The third-order valence-corrected chi connectivity index (χ3v) is 5.25. The van der Waals surface area contributed by atoms with Crippen LogP contribution in [-0.2, 0) is 9.59 Å². The fraction of sp³-hybridized carbons (Fsp3) is 0.450. The molecular weight excluding hydrogens is 388 g/mol. The molecule has 1 aliphatic heterocycles. The van der Waals surface area contributed by atoms with Gasteiger partial charge in [0.2, 0.25) is 5.91 Å². The van der Waals surface area contributed by atoms with E-state index in [0.717, 1.165) is 18.8 Å². The van der Waals surface area contributed by atoms with E-state index >= 15 is 0 Å². The number of hydrogen-bond acceptors (Lipinski definition) is 6. The molecule has 2 atom stereocenters. The van der Waals surface area contributed by atoms with Crippen LogP contribution in [-0.4, -0.2) is 87.0 Å². The highest BCUT2D eigenvalue weighted by Gasteiger charge is 2.31. The van der Waals surface area contributed by atoms with Crippen LogP contribution in [0, 0.1) is 5.92 Å². The quantitative estimate of drug-likeness (QED) is 0.666. The Morgan fingerprint density at radius 2 is 1.80 bits per heavy atom. The van der Waals surface area contributed by atoms with Crippen molar-refractivity contribution >= 4 is 17.8 Å². The summed E-state index contributed by atoms with van der Waals surface area (Å²) < 4.78 is 1.57. The molecule has 10 nitrogen and oxygen atoms in total. The lowest BCUT2D eigenvalue weighted by Gasteiger charge is -2.35. The van der Waals surface area contributed by atoms with Crippen molar-refractivity contribution in [1.29, 1.82) is 0 Å². The number of nitrogens with zero attached hydrogens (tertiary/aromatic N) is 5. The van der Waals surface area contributed by atoms with Gasteiger partial charge >= 0.3 is 5.97 Å². The number of carbonyl (C=O) groups excluding carboxylic acids is 2. The Labute approximate surface area is 174 Å². The van der Waals surface area contributed by atoms with E-state index in [1.807, 2.05) is 7.05 Å². The van der Waals surface area contributed by atoms with Crippen LogP contribution in [0.5, 0.6) is 0 Å². The molecule has 2 aromatic rings. The largest absolute Gasteiger partial charge is 0.481 e. The Morgan fingerprint density at radius 1 is 1.13 bits per heavy atom. The summed E-state index contributed by atoms with van der Waals surface area (Å²) in [6.07, 6.45) is 3.27. The predicted molar refractivity (Wildman–Crippen MR) is 108 cm³/mol. The molecule has 0 saturated carbocycles. The smallest absolute Gasteiger partial charge is 0.306 e. The molecule has 1 aromatic carbocycles. The number of carbonyl (C=O) groups is 3. The number of aliphatic carboxylic acids is 1. The van der Waals surface area contributed by atoms with Gasteiger partial charge in [-0.15, -0.1) is 5.10 Å². The molecule has 0 aliphatic carbocycles. The number of piperazine rings is 1. The maximum Gasteiger partial charge on any atom is 0.306 e. The molecular formula is C20H26N6O4. The fourth-order valence-electron chi connectivity index (χ4n) is 3.28. The highest BCUT2D eigenvalue weighted by atomic mass is 16.4. The Bertz CT molecular complexity index is 875. The molecule has 1 fully saturated rings. The minimum Gasteiger partial charge on any atom is -0.481 e. The van der Waals surface area contributed by atoms with E-state index in [1.165, 1.54) is 6.92 Å². The second kappa shape index (κ2) is 9.49. The first-order valence-corrected chi connectivity index (χ1v) is 9.83. The molecule has 160 valence electrons. The minimum atomic E-state index is -1.00. The molecule has 3 rings (SSSR count). The third kappa shape index (κ3) is 5.20. The van der Waals surface area contributed by atoms with E-state index in [-0.39, 0.29) is 12.3 Å². The van der Waals surface area contributed by atoms with Gasteiger partial charge < -0.3 is 20.2 Å². The summed E-state index contributed by atoms with van der Waals surface area (Å²) in [5, 5.41) is 19.7. The zero-order chi connectivity index (χ0) is 21.7. The van der Waals surface area contributed by atoms with Crippen LogP contribution in [0.25, 0.3) is 5.69 Å². The number of benzene rings is 1. The summed E-state index contributed by atoms with van der Waals surface area (Å²) in [6, 6.07) is 5.80. The lowest BCUT2D eigenvalue weighted by molar-refractivity contribution is -0.142. The summed E-state index contributed by atoms with van der Waals surface area (Å²) in [5.74, 6) is -2.44. The van der Waals surface area contributed by atoms with E-state index in [1.54, 1.807) is 46.2 Å². The first kappa shape index (κ1) is 21.4.